The normalized spacial score (nSPS) is 33.4. The van der Waals surface area contributed by atoms with Gasteiger partial charge < -0.3 is 5.73 Å². The van der Waals surface area contributed by atoms with Crippen LogP contribution in [0.3, 0.4) is 0 Å². The average molecular weight is 312 g/mol. The third-order valence-corrected chi connectivity index (χ3v) is 6.43. The number of rotatable bonds is 3. The molecule has 1 heterocycles. The van der Waals surface area contributed by atoms with Crippen molar-refractivity contribution in [2.24, 2.45) is 17.6 Å². The van der Waals surface area contributed by atoms with E-state index in [1.54, 1.807) is 6.07 Å². The van der Waals surface area contributed by atoms with E-state index in [0.29, 0.717) is 5.56 Å². The summed E-state index contributed by atoms with van der Waals surface area (Å²) in [5.41, 5.74) is 7.70. The highest BCUT2D eigenvalue weighted by Gasteiger charge is 2.52. The first-order valence-corrected chi connectivity index (χ1v) is 8.64. The van der Waals surface area contributed by atoms with Gasteiger partial charge in [-0.05, 0) is 60.8 Å². The fraction of sp³-hybridized carbons (Fsp3) is 0.579. The Labute approximate surface area is 137 Å². The summed E-state index contributed by atoms with van der Waals surface area (Å²) < 4.78 is 0. The Morgan fingerprint density at radius 2 is 2.13 bits per heavy atom. The van der Waals surface area contributed by atoms with Gasteiger partial charge in [-0.15, -0.1) is 0 Å². The van der Waals surface area contributed by atoms with Crippen molar-refractivity contribution in [3.8, 4) is 0 Å². The van der Waals surface area contributed by atoms with E-state index in [0.717, 1.165) is 36.6 Å². The lowest BCUT2D eigenvalue weighted by molar-refractivity contribution is 0.0265. The van der Waals surface area contributed by atoms with E-state index in [1.807, 2.05) is 12.1 Å². The maximum atomic E-state index is 13.1. The summed E-state index contributed by atoms with van der Waals surface area (Å²) in [6, 6.07) is 5.36. The number of carbonyl (C=O) groups is 2. The number of carbonyl (C=O) groups excluding carboxylic acids is 2. The number of nitrogens with zero attached hydrogens (tertiary/aromatic N) is 1. The van der Waals surface area contributed by atoms with Crippen molar-refractivity contribution in [1.82, 2.24) is 4.90 Å². The van der Waals surface area contributed by atoms with E-state index in [4.69, 9.17) is 5.73 Å². The van der Waals surface area contributed by atoms with Gasteiger partial charge in [0.15, 0.2) is 5.78 Å². The summed E-state index contributed by atoms with van der Waals surface area (Å²) >= 11 is 0. The number of nitrogens with two attached hydrogens (primary N) is 1. The standard InChI is InChI=1S/C19H24N2O2/c1-11-16-17(22)14-6-5-13(18(20)23)9-15(14)19(11,2)7-8-21(16)10-12-3-4-12/h5-6,9,11-12,16H,3-4,7-8,10H2,1-2H3,(H2,20,23)/t11-,16?,19-/m0/s1. The minimum Gasteiger partial charge on any atom is -0.366 e. The van der Waals surface area contributed by atoms with Crippen LogP contribution < -0.4 is 5.73 Å². The van der Waals surface area contributed by atoms with Crippen molar-refractivity contribution in [2.45, 2.75) is 44.6 Å². The highest BCUT2D eigenvalue weighted by atomic mass is 16.1. The highest BCUT2D eigenvalue weighted by molar-refractivity contribution is 6.05. The van der Waals surface area contributed by atoms with Gasteiger partial charge in [0.05, 0.1) is 6.04 Å². The van der Waals surface area contributed by atoms with Crippen molar-refractivity contribution >= 4 is 11.7 Å². The number of piperidine rings is 1. The zero-order chi connectivity index (χ0) is 16.4. The average Bonchev–Trinajstić information content (AvgIpc) is 3.33. The lowest BCUT2D eigenvalue weighted by Crippen LogP contribution is -2.61. The molecular weight excluding hydrogens is 288 g/mol. The maximum absolute atomic E-state index is 13.1. The topological polar surface area (TPSA) is 63.4 Å². The molecule has 0 radical (unpaired) electrons. The summed E-state index contributed by atoms with van der Waals surface area (Å²) in [7, 11) is 0. The quantitative estimate of drug-likeness (QED) is 0.932. The third kappa shape index (κ3) is 2.15. The van der Waals surface area contributed by atoms with Crippen LogP contribution in [0.2, 0.25) is 0 Å². The Bertz CT molecular complexity index is 695. The Hall–Kier alpha value is -1.68. The first-order valence-electron chi connectivity index (χ1n) is 8.64. The van der Waals surface area contributed by atoms with Crippen LogP contribution in [0.25, 0.3) is 0 Å². The summed E-state index contributed by atoms with van der Waals surface area (Å²) in [4.78, 5) is 27.1. The van der Waals surface area contributed by atoms with E-state index < -0.39 is 5.91 Å². The second-order valence-corrected chi connectivity index (χ2v) is 7.83. The lowest BCUT2D eigenvalue weighted by atomic mass is 9.58. The van der Waals surface area contributed by atoms with E-state index in [2.05, 4.69) is 18.7 Å². The van der Waals surface area contributed by atoms with Crippen LogP contribution in [0.5, 0.6) is 0 Å². The van der Waals surface area contributed by atoms with Crippen molar-refractivity contribution in [2.75, 3.05) is 13.1 Å². The predicted octanol–water partition coefficient (Wildman–Crippen LogP) is 2.36. The number of hydrogen-bond donors (Lipinski definition) is 1. The maximum Gasteiger partial charge on any atom is 0.248 e. The zero-order valence-electron chi connectivity index (χ0n) is 13.8. The summed E-state index contributed by atoms with van der Waals surface area (Å²) in [6.07, 6.45) is 3.64. The Morgan fingerprint density at radius 3 is 2.78 bits per heavy atom. The van der Waals surface area contributed by atoms with E-state index in [-0.39, 0.29) is 23.2 Å². The molecule has 2 fully saturated rings. The van der Waals surface area contributed by atoms with Crippen LogP contribution in [0.15, 0.2) is 18.2 Å². The van der Waals surface area contributed by atoms with Gasteiger partial charge in [-0.2, -0.15) is 0 Å². The SMILES string of the molecule is C[C@H]1C2C(=O)c3ccc(C(N)=O)cc3[C@@]1(C)CCN2CC1CC1. The lowest BCUT2D eigenvalue weighted by Gasteiger charge is -2.53. The van der Waals surface area contributed by atoms with Crippen molar-refractivity contribution in [1.29, 1.82) is 0 Å². The molecule has 1 saturated heterocycles. The minimum absolute atomic E-state index is 0.0127. The van der Waals surface area contributed by atoms with E-state index in [1.165, 1.54) is 12.8 Å². The molecule has 2 aliphatic carbocycles. The second-order valence-electron chi connectivity index (χ2n) is 7.83. The number of amides is 1. The number of Topliss-reactive ketones (excluding diaryl/α,β-unsaturated/α-hetero) is 1. The van der Waals surface area contributed by atoms with Crippen LogP contribution >= 0.6 is 0 Å². The molecule has 1 saturated carbocycles. The zero-order valence-corrected chi connectivity index (χ0v) is 13.8. The monoisotopic (exact) mass is 312 g/mol. The molecule has 1 aromatic rings. The molecule has 3 aliphatic rings. The third-order valence-electron chi connectivity index (χ3n) is 6.43. The molecule has 1 unspecified atom stereocenters. The molecular formula is C19H24N2O2. The second kappa shape index (κ2) is 4.91. The number of benzene rings is 1. The van der Waals surface area contributed by atoms with E-state index >= 15 is 0 Å². The van der Waals surface area contributed by atoms with Gasteiger partial charge in [-0.25, -0.2) is 0 Å². The van der Waals surface area contributed by atoms with Crippen LogP contribution in [0.4, 0.5) is 0 Å². The van der Waals surface area contributed by atoms with Crippen molar-refractivity contribution < 1.29 is 9.59 Å². The van der Waals surface area contributed by atoms with Crippen LogP contribution in [0.1, 0.15) is 59.4 Å². The highest BCUT2D eigenvalue weighted by Crippen LogP contribution is 2.49. The fourth-order valence-corrected chi connectivity index (χ4v) is 4.56. The van der Waals surface area contributed by atoms with Gasteiger partial charge in [-0.1, -0.05) is 19.9 Å². The molecule has 4 nitrogen and oxygen atoms in total. The fourth-order valence-electron chi connectivity index (χ4n) is 4.56. The first kappa shape index (κ1) is 14.9. The molecule has 4 heteroatoms. The van der Waals surface area contributed by atoms with Crippen LogP contribution in [0, 0.1) is 11.8 Å². The Balaban J connectivity index is 1.79. The first-order chi connectivity index (χ1) is 10.9. The number of hydrogen-bond acceptors (Lipinski definition) is 3. The van der Waals surface area contributed by atoms with E-state index in [9.17, 15) is 9.59 Å². The Morgan fingerprint density at radius 1 is 1.39 bits per heavy atom. The molecule has 1 amide bonds. The molecule has 2 bridgehead atoms. The van der Waals surface area contributed by atoms with Gasteiger partial charge in [0.2, 0.25) is 5.91 Å². The van der Waals surface area contributed by atoms with Gasteiger partial charge in [0.25, 0.3) is 0 Å². The molecule has 2 N–H and O–H groups in total. The van der Waals surface area contributed by atoms with Crippen LogP contribution in [-0.4, -0.2) is 35.7 Å². The van der Waals surface area contributed by atoms with Crippen LogP contribution in [-0.2, 0) is 5.41 Å². The molecule has 122 valence electrons. The molecule has 1 aliphatic heterocycles. The smallest absolute Gasteiger partial charge is 0.248 e. The summed E-state index contributed by atoms with van der Waals surface area (Å²) in [5.74, 6) is 0.849. The number of fused-ring (bicyclic) bond motifs is 4. The predicted molar refractivity (Wildman–Crippen MR) is 88.5 cm³/mol. The Kier molecular flexibility index (Phi) is 3.17. The minimum atomic E-state index is -0.426. The van der Waals surface area contributed by atoms with Gasteiger partial charge in [0.1, 0.15) is 0 Å². The van der Waals surface area contributed by atoms with Gasteiger partial charge in [-0.3, -0.25) is 14.5 Å². The van der Waals surface area contributed by atoms with Gasteiger partial charge in [0, 0.05) is 17.7 Å². The molecule has 0 aromatic heterocycles. The largest absolute Gasteiger partial charge is 0.366 e. The summed E-state index contributed by atoms with van der Waals surface area (Å²) in [5, 5.41) is 0. The number of ketones is 1. The van der Waals surface area contributed by atoms with Crippen molar-refractivity contribution in [3.63, 3.8) is 0 Å². The molecule has 4 rings (SSSR count). The molecule has 0 spiro atoms. The molecule has 3 atom stereocenters. The summed E-state index contributed by atoms with van der Waals surface area (Å²) in [6.45, 7) is 6.47. The molecule has 23 heavy (non-hydrogen) atoms. The molecule has 1 aromatic carbocycles. The van der Waals surface area contributed by atoms with Gasteiger partial charge >= 0.3 is 0 Å². The van der Waals surface area contributed by atoms with Crippen molar-refractivity contribution in [3.05, 3.63) is 34.9 Å². The number of likely N-dealkylation sites (tertiary alicyclic amines) is 1. The number of primary amides is 1.